The van der Waals surface area contributed by atoms with Gasteiger partial charge in [0.1, 0.15) is 11.9 Å². The summed E-state index contributed by atoms with van der Waals surface area (Å²) in [7, 11) is 0. The zero-order chi connectivity index (χ0) is 14.3. The Morgan fingerprint density at radius 1 is 1.26 bits per heavy atom. The van der Waals surface area contributed by atoms with Gasteiger partial charge in [0.05, 0.1) is 17.0 Å². The molecule has 0 spiro atoms. The number of halogens is 1. The number of nitrogens with zero attached hydrogens (tertiary/aromatic N) is 2. The van der Waals surface area contributed by atoms with Gasteiger partial charge in [-0.05, 0) is 44.9 Å². The molecule has 0 saturated carbocycles. The summed E-state index contributed by atoms with van der Waals surface area (Å²) in [5.41, 5.74) is 0.525. The summed E-state index contributed by atoms with van der Waals surface area (Å²) in [6.07, 6.45) is 2.75. The van der Waals surface area contributed by atoms with Gasteiger partial charge in [-0.25, -0.2) is 4.39 Å². The van der Waals surface area contributed by atoms with Gasteiger partial charge in [-0.15, -0.1) is 0 Å². The predicted octanol–water partition coefficient (Wildman–Crippen LogP) is 3.83. The highest BCUT2D eigenvalue weighted by Gasteiger charge is 2.15. The Hall–Kier alpha value is -2.07. The molecule has 0 aliphatic heterocycles. The van der Waals surface area contributed by atoms with E-state index in [4.69, 9.17) is 10.5 Å². The van der Waals surface area contributed by atoms with Gasteiger partial charge in [0.25, 0.3) is 0 Å². The molecule has 0 atom stereocenters. The second-order valence-corrected chi connectivity index (χ2v) is 5.19. The van der Waals surface area contributed by atoms with Crippen molar-refractivity contribution < 1.29 is 4.39 Å². The minimum absolute atomic E-state index is 0.0515. The van der Waals surface area contributed by atoms with Crippen molar-refractivity contribution in [2.75, 3.05) is 11.9 Å². The lowest BCUT2D eigenvalue weighted by Gasteiger charge is -2.14. The highest BCUT2D eigenvalue weighted by Crippen LogP contribution is 2.21. The van der Waals surface area contributed by atoms with Gasteiger partial charge < -0.3 is 5.32 Å². The van der Waals surface area contributed by atoms with E-state index in [0.29, 0.717) is 0 Å². The molecule has 0 fully saturated rings. The average Bonchev–Trinajstić information content (AvgIpc) is 2.40. The number of rotatable bonds is 6. The Morgan fingerprint density at radius 3 is 2.63 bits per heavy atom. The van der Waals surface area contributed by atoms with E-state index in [1.165, 1.54) is 12.1 Å². The van der Waals surface area contributed by atoms with Gasteiger partial charge in [0, 0.05) is 12.2 Å². The van der Waals surface area contributed by atoms with Gasteiger partial charge in [0.2, 0.25) is 0 Å². The fourth-order valence-electron chi connectivity index (χ4n) is 1.70. The van der Waals surface area contributed by atoms with Crippen molar-refractivity contribution in [3.05, 3.63) is 29.6 Å². The minimum atomic E-state index is -0.496. The summed E-state index contributed by atoms with van der Waals surface area (Å²) in [6, 6.07) is 8.51. The number of hydrogen-bond acceptors (Lipinski definition) is 3. The molecule has 0 unspecified atom stereocenters. The molecule has 1 rings (SSSR count). The van der Waals surface area contributed by atoms with Crippen molar-refractivity contribution in [2.24, 2.45) is 5.41 Å². The molecule has 100 valence electrons. The van der Waals surface area contributed by atoms with Crippen LogP contribution in [0.2, 0.25) is 0 Å². The van der Waals surface area contributed by atoms with Crippen molar-refractivity contribution >= 4 is 5.69 Å². The Kier molecular flexibility index (Phi) is 5.33. The number of nitriles is 2. The molecule has 3 nitrogen and oxygen atoms in total. The van der Waals surface area contributed by atoms with Crippen molar-refractivity contribution in [3.8, 4) is 12.1 Å². The molecule has 0 heterocycles. The molecule has 1 N–H and O–H groups in total. The number of unbranched alkanes of at least 4 members (excludes halogenated alkanes) is 1. The molecule has 19 heavy (non-hydrogen) atoms. The van der Waals surface area contributed by atoms with Crippen LogP contribution in [0.15, 0.2) is 18.2 Å². The Bertz CT molecular complexity index is 509. The van der Waals surface area contributed by atoms with Gasteiger partial charge >= 0.3 is 0 Å². The summed E-state index contributed by atoms with van der Waals surface area (Å²) in [5, 5.41) is 20.8. The molecule has 0 radical (unpaired) electrons. The number of nitrogens with one attached hydrogen (secondary N) is 1. The lowest BCUT2D eigenvalue weighted by molar-refractivity contribution is 0.430. The van der Waals surface area contributed by atoms with E-state index >= 15 is 0 Å². The van der Waals surface area contributed by atoms with E-state index in [1.807, 2.05) is 19.9 Å². The van der Waals surface area contributed by atoms with Crippen molar-refractivity contribution in [1.82, 2.24) is 0 Å². The van der Waals surface area contributed by atoms with Crippen LogP contribution in [0.1, 0.15) is 38.7 Å². The van der Waals surface area contributed by atoms with Gasteiger partial charge in [-0.3, -0.25) is 0 Å². The topological polar surface area (TPSA) is 59.6 Å². The fraction of sp³-hybridized carbons (Fsp3) is 0.467. The standard InChI is InChI=1S/C15H18FN3/c1-15(2,11-18)7-3-4-8-19-13-5-6-14(16)12(9-13)10-17/h5-6,9,19H,3-4,7-8H2,1-2H3. The van der Waals surface area contributed by atoms with Crippen LogP contribution in [0, 0.1) is 33.9 Å². The molecule has 0 aliphatic carbocycles. The summed E-state index contributed by atoms with van der Waals surface area (Å²) < 4.78 is 13.1. The molecule has 0 amide bonds. The van der Waals surface area contributed by atoms with E-state index in [1.54, 1.807) is 6.07 Å². The third-order valence-electron chi connectivity index (χ3n) is 2.95. The van der Waals surface area contributed by atoms with Crippen molar-refractivity contribution in [1.29, 1.82) is 10.5 Å². The van der Waals surface area contributed by atoms with Crippen LogP contribution in [-0.4, -0.2) is 6.54 Å². The van der Waals surface area contributed by atoms with Crippen LogP contribution in [0.5, 0.6) is 0 Å². The fourth-order valence-corrected chi connectivity index (χ4v) is 1.70. The smallest absolute Gasteiger partial charge is 0.141 e. The second-order valence-electron chi connectivity index (χ2n) is 5.19. The molecule has 0 saturated heterocycles. The number of hydrogen-bond donors (Lipinski definition) is 1. The first-order chi connectivity index (χ1) is 8.98. The highest BCUT2D eigenvalue weighted by atomic mass is 19.1. The lowest BCUT2D eigenvalue weighted by atomic mass is 9.89. The zero-order valence-corrected chi connectivity index (χ0v) is 11.3. The van der Waals surface area contributed by atoms with Crippen LogP contribution in [-0.2, 0) is 0 Å². The largest absolute Gasteiger partial charge is 0.385 e. The third-order valence-corrected chi connectivity index (χ3v) is 2.95. The molecule has 1 aromatic carbocycles. The molecular weight excluding hydrogens is 241 g/mol. The first-order valence-corrected chi connectivity index (χ1v) is 6.33. The van der Waals surface area contributed by atoms with E-state index in [-0.39, 0.29) is 11.0 Å². The predicted molar refractivity (Wildman–Crippen MR) is 72.8 cm³/mol. The second kappa shape index (κ2) is 6.75. The summed E-state index contributed by atoms with van der Waals surface area (Å²) in [6.45, 7) is 4.61. The van der Waals surface area contributed by atoms with Crippen molar-refractivity contribution in [3.63, 3.8) is 0 Å². The molecule has 0 aromatic heterocycles. The quantitative estimate of drug-likeness (QED) is 0.790. The molecular formula is C15H18FN3. The summed E-state index contributed by atoms with van der Waals surface area (Å²) in [4.78, 5) is 0. The summed E-state index contributed by atoms with van der Waals surface area (Å²) in [5.74, 6) is -0.496. The Morgan fingerprint density at radius 2 is 2.00 bits per heavy atom. The van der Waals surface area contributed by atoms with Crippen LogP contribution in [0.25, 0.3) is 0 Å². The lowest BCUT2D eigenvalue weighted by Crippen LogP contribution is -2.09. The Labute approximate surface area is 113 Å². The van der Waals surface area contributed by atoms with E-state index in [9.17, 15) is 4.39 Å². The Balaban J connectivity index is 2.35. The van der Waals surface area contributed by atoms with E-state index in [2.05, 4.69) is 11.4 Å². The third kappa shape index (κ3) is 4.97. The normalized spacial score (nSPS) is 10.6. The number of anilines is 1. The van der Waals surface area contributed by atoms with E-state index in [0.717, 1.165) is 31.5 Å². The first-order valence-electron chi connectivity index (χ1n) is 6.33. The van der Waals surface area contributed by atoms with Crippen molar-refractivity contribution in [2.45, 2.75) is 33.1 Å². The first kappa shape index (κ1) is 15.0. The maximum Gasteiger partial charge on any atom is 0.141 e. The van der Waals surface area contributed by atoms with E-state index < -0.39 is 5.82 Å². The van der Waals surface area contributed by atoms with Crippen LogP contribution >= 0.6 is 0 Å². The van der Waals surface area contributed by atoms with Crippen LogP contribution in [0.4, 0.5) is 10.1 Å². The zero-order valence-electron chi connectivity index (χ0n) is 11.3. The van der Waals surface area contributed by atoms with Gasteiger partial charge in [0.15, 0.2) is 0 Å². The minimum Gasteiger partial charge on any atom is -0.385 e. The maximum absolute atomic E-state index is 13.1. The SMILES string of the molecule is CC(C)(C#N)CCCCNc1ccc(F)c(C#N)c1. The van der Waals surface area contributed by atoms with Gasteiger partial charge in [-0.1, -0.05) is 6.42 Å². The average molecular weight is 259 g/mol. The number of benzene rings is 1. The molecule has 4 heteroatoms. The molecule has 1 aromatic rings. The monoisotopic (exact) mass is 259 g/mol. The summed E-state index contributed by atoms with van der Waals surface area (Å²) >= 11 is 0. The van der Waals surface area contributed by atoms with Crippen LogP contribution < -0.4 is 5.32 Å². The molecule has 0 bridgehead atoms. The van der Waals surface area contributed by atoms with Gasteiger partial charge in [-0.2, -0.15) is 10.5 Å². The van der Waals surface area contributed by atoms with Crippen LogP contribution in [0.3, 0.4) is 0 Å². The maximum atomic E-state index is 13.1. The highest BCUT2D eigenvalue weighted by molar-refractivity contribution is 5.49. The molecule has 0 aliphatic rings.